The highest BCUT2D eigenvalue weighted by Gasteiger charge is 2.12. The van der Waals surface area contributed by atoms with Crippen molar-refractivity contribution < 1.29 is 9.90 Å². The lowest BCUT2D eigenvalue weighted by molar-refractivity contribution is 0.0697. The zero-order valence-electron chi connectivity index (χ0n) is 7.47. The highest BCUT2D eigenvalue weighted by atomic mass is 35.5. The molecule has 0 bridgehead atoms. The van der Waals surface area contributed by atoms with Crippen LogP contribution in [0.3, 0.4) is 0 Å². The van der Waals surface area contributed by atoms with Gasteiger partial charge < -0.3 is 10.1 Å². The molecule has 0 saturated carbocycles. The highest BCUT2D eigenvalue weighted by molar-refractivity contribution is 6.38. The number of nitrogens with one attached hydrogen (secondary N) is 1. The molecule has 4 heteroatoms. The standard InChI is InChI=1S/C10H8ClNO2/c1-5-4-6-2-3-7(10(13)14)8(11)9(6)12-5/h2-4,12H,1H3,(H,13,14). The lowest BCUT2D eigenvalue weighted by atomic mass is 10.1. The van der Waals surface area contributed by atoms with Crippen molar-refractivity contribution in [3.8, 4) is 0 Å². The number of aromatic nitrogens is 1. The summed E-state index contributed by atoms with van der Waals surface area (Å²) in [7, 11) is 0. The van der Waals surface area contributed by atoms with Gasteiger partial charge in [-0.1, -0.05) is 17.7 Å². The first-order valence-corrected chi connectivity index (χ1v) is 4.48. The van der Waals surface area contributed by atoms with Gasteiger partial charge in [-0.3, -0.25) is 0 Å². The molecule has 0 atom stereocenters. The first-order valence-electron chi connectivity index (χ1n) is 4.10. The lowest BCUT2D eigenvalue weighted by Crippen LogP contribution is -1.97. The van der Waals surface area contributed by atoms with Gasteiger partial charge in [-0.05, 0) is 19.1 Å². The third-order valence-corrected chi connectivity index (χ3v) is 2.49. The molecular formula is C10H8ClNO2. The largest absolute Gasteiger partial charge is 0.478 e. The van der Waals surface area contributed by atoms with E-state index in [1.54, 1.807) is 6.07 Å². The van der Waals surface area contributed by atoms with Crippen molar-refractivity contribution in [3.05, 3.63) is 34.5 Å². The quantitative estimate of drug-likeness (QED) is 0.759. The smallest absolute Gasteiger partial charge is 0.337 e. The third kappa shape index (κ3) is 1.26. The molecule has 1 aromatic heterocycles. The molecule has 2 N–H and O–H groups in total. The summed E-state index contributed by atoms with van der Waals surface area (Å²) in [4.78, 5) is 13.8. The number of halogens is 1. The molecule has 0 amide bonds. The average molecular weight is 210 g/mol. The number of fused-ring (bicyclic) bond motifs is 1. The fraction of sp³-hybridized carbons (Fsp3) is 0.100. The van der Waals surface area contributed by atoms with Crippen molar-refractivity contribution in [2.75, 3.05) is 0 Å². The second-order valence-electron chi connectivity index (χ2n) is 3.15. The molecule has 14 heavy (non-hydrogen) atoms. The normalized spacial score (nSPS) is 10.7. The van der Waals surface area contributed by atoms with Crippen molar-refractivity contribution >= 4 is 28.5 Å². The van der Waals surface area contributed by atoms with E-state index in [9.17, 15) is 4.79 Å². The Morgan fingerprint density at radius 3 is 2.86 bits per heavy atom. The molecule has 0 aliphatic rings. The molecule has 0 spiro atoms. The summed E-state index contributed by atoms with van der Waals surface area (Å²) >= 11 is 5.94. The summed E-state index contributed by atoms with van der Waals surface area (Å²) in [6, 6.07) is 5.18. The van der Waals surface area contributed by atoms with Crippen molar-refractivity contribution in [2.45, 2.75) is 6.92 Å². The van der Waals surface area contributed by atoms with Gasteiger partial charge in [0.2, 0.25) is 0 Å². The Hall–Kier alpha value is -1.48. The van der Waals surface area contributed by atoms with Gasteiger partial charge in [0.15, 0.2) is 0 Å². The van der Waals surface area contributed by atoms with Crippen LogP contribution in [-0.4, -0.2) is 16.1 Å². The Kier molecular flexibility index (Phi) is 1.97. The van der Waals surface area contributed by atoms with Gasteiger partial charge >= 0.3 is 5.97 Å². The summed E-state index contributed by atoms with van der Waals surface area (Å²) in [5.41, 5.74) is 1.77. The van der Waals surface area contributed by atoms with Crippen LogP contribution in [-0.2, 0) is 0 Å². The molecule has 2 rings (SSSR count). The van der Waals surface area contributed by atoms with Gasteiger partial charge in [0.25, 0.3) is 0 Å². The van der Waals surface area contributed by atoms with Crippen molar-refractivity contribution in [1.29, 1.82) is 0 Å². The van der Waals surface area contributed by atoms with Crippen molar-refractivity contribution in [2.24, 2.45) is 0 Å². The lowest BCUT2D eigenvalue weighted by Gasteiger charge is -1.99. The minimum atomic E-state index is -1.01. The van der Waals surface area contributed by atoms with Crippen molar-refractivity contribution in [3.63, 3.8) is 0 Å². The average Bonchev–Trinajstić information content (AvgIpc) is 2.46. The molecule has 2 aromatic rings. The van der Waals surface area contributed by atoms with Crippen LogP contribution in [0.25, 0.3) is 10.9 Å². The molecule has 0 aliphatic carbocycles. The number of carbonyl (C=O) groups is 1. The molecule has 3 nitrogen and oxygen atoms in total. The molecule has 72 valence electrons. The molecule has 0 unspecified atom stereocenters. The fourth-order valence-electron chi connectivity index (χ4n) is 1.47. The Balaban J connectivity index is 2.80. The van der Waals surface area contributed by atoms with E-state index in [1.807, 2.05) is 13.0 Å². The Morgan fingerprint density at radius 1 is 1.50 bits per heavy atom. The fourth-order valence-corrected chi connectivity index (χ4v) is 1.77. The van der Waals surface area contributed by atoms with Crippen LogP contribution in [0, 0.1) is 6.92 Å². The van der Waals surface area contributed by atoms with Gasteiger partial charge in [0, 0.05) is 11.1 Å². The minimum Gasteiger partial charge on any atom is -0.478 e. The van der Waals surface area contributed by atoms with E-state index in [4.69, 9.17) is 16.7 Å². The number of aryl methyl sites for hydroxylation is 1. The minimum absolute atomic E-state index is 0.126. The monoisotopic (exact) mass is 209 g/mol. The summed E-state index contributed by atoms with van der Waals surface area (Å²) < 4.78 is 0. The van der Waals surface area contributed by atoms with E-state index in [0.29, 0.717) is 5.52 Å². The van der Waals surface area contributed by atoms with E-state index < -0.39 is 5.97 Å². The zero-order chi connectivity index (χ0) is 10.3. The van der Waals surface area contributed by atoms with E-state index >= 15 is 0 Å². The van der Waals surface area contributed by atoms with Crippen LogP contribution in [0.2, 0.25) is 5.02 Å². The number of aromatic carboxylic acids is 1. The predicted octanol–water partition coefficient (Wildman–Crippen LogP) is 2.83. The number of benzene rings is 1. The number of H-pyrrole nitrogens is 1. The van der Waals surface area contributed by atoms with E-state index in [2.05, 4.69) is 4.98 Å². The van der Waals surface area contributed by atoms with Crippen LogP contribution < -0.4 is 0 Å². The first-order chi connectivity index (χ1) is 6.59. The van der Waals surface area contributed by atoms with Gasteiger partial charge in [-0.15, -0.1) is 0 Å². The van der Waals surface area contributed by atoms with Crippen LogP contribution >= 0.6 is 11.6 Å². The van der Waals surface area contributed by atoms with Crippen molar-refractivity contribution in [1.82, 2.24) is 4.98 Å². The van der Waals surface area contributed by atoms with Crippen LogP contribution in [0.4, 0.5) is 0 Å². The molecule has 0 aliphatic heterocycles. The maximum Gasteiger partial charge on any atom is 0.337 e. The highest BCUT2D eigenvalue weighted by Crippen LogP contribution is 2.27. The second-order valence-corrected chi connectivity index (χ2v) is 3.53. The van der Waals surface area contributed by atoms with E-state index in [-0.39, 0.29) is 10.6 Å². The van der Waals surface area contributed by atoms with Gasteiger partial charge in [0.05, 0.1) is 16.1 Å². The molecule has 0 radical (unpaired) electrons. The van der Waals surface area contributed by atoms with E-state index in [0.717, 1.165) is 11.1 Å². The van der Waals surface area contributed by atoms with E-state index in [1.165, 1.54) is 6.07 Å². The maximum absolute atomic E-state index is 10.8. The zero-order valence-corrected chi connectivity index (χ0v) is 8.22. The number of carboxylic acids is 1. The van der Waals surface area contributed by atoms with Gasteiger partial charge in [-0.25, -0.2) is 4.79 Å². The SMILES string of the molecule is Cc1cc2ccc(C(=O)O)c(Cl)c2[nH]1. The first kappa shape index (κ1) is 9.09. The molecule has 1 heterocycles. The topological polar surface area (TPSA) is 53.1 Å². The van der Waals surface area contributed by atoms with Gasteiger partial charge in [-0.2, -0.15) is 0 Å². The number of carboxylic acid groups (broad SMARTS) is 1. The maximum atomic E-state index is 10.8. The van der Waals surface area contributed by atoms with Crippen LogP contribution in [0.15, 0.2) is 18.2 Å². The van der Waals surface area contributed by atoms with Crippen LogP contribution in [0.1, 0.15) is 16.1 Å². The number of aromatic amines is 1. The summed E-state index contributed by atoms with van der Waals surface area (Å²) in [5, 5.41) is 10.0. The number of hydrogen-bond donors (Lipinski definition) is 2. The third-order valence-electron chi connectivity index (χ3n) is 2.10. The molecular weight excluding hydrogens is 202 g/mol. The number of rotatable bonds is 1. The van der Waals surface area contributed by atoms with Gasteiger partial charge in [0.1, 0.15) is 0 Å². The summed E-state index contributed by atoms with van der Waals surface area (Å²) in [6.07, 6.45) is 0. The Labute approximate surface area is 85.3 Å². The molecule has 0 fully saturated rings. The Bertz CT molecular complexity index is 516. The molecule has 1 aromatic carbocycles. The van der Waals surface area contributed by atoms with Crippen LogP contribution in [0.5, 0.6) is 0 Å². The predicted molar refractivity (Wildman–Crippen MR) is 55.0 cm³/mol. The number of hydrogen-bond acceptors (Lipinski definition) is 1. The molecule has 0 saturated heterocycles. The Morgan fingerprint density at radius 2 is 2.21 bits per heavy atom. The summed E-state index contributed by atoms with van der Waals surface area (Å²) in [6.45, 7) is 1.90. The second kappa shape index (κ2) is 3.03. The summed E-state index contributed by atoms with van der Waals surface area (Å²) in [5.74, 6) is -1.01.